The van der Waals surface area contributed by atoms with Crippen molar-refractivity contribution in [1.82, 2.24) is 10.6 Å². The van der Waals surface area contributed by atoms with E-state index in [-0.39, 0.29) is 30.0 Å². The third-order valence-electron chi connectivity index (χ3n) is 3.61. The number of aromatic hydroxyl groups is 1. The van der Waals surface area contributed by atoms with Crippen molar-refractivity contribution < 1.29 is 14.7 Å². The minimum atomic E-state index is -0.806. The Morgan fingerprint density at radius 1 is 1.25 bits per heavy atom. The van der Waals surface area contributed by atoms with Gasteiger partial charge in [-0.25, -0.2) is 0 Å². The fraction of sp³-hybridized carbons (Fsp3) is 0.438. The number of phenols is 1. The molecule has 24 heavy (non-hydrogen) atoms. The number of phenolic OH excluding ortho intramolecular Hbond substituents is 1. The summed E-state index contributed by atoms with van der Waals surface area (Å²) in [7, 11) is 0. The average molecular weight is 335 g/mol. The van der Waals surface area contributed by atoms with E-state index in [1.165, 1.54) is 12.1 Å². The number of carbonyl (C=O) groups excluding carboxylic acids is 2. The van der Waals surface area contributed by atoms with Gasteiger partial charge in [-0.05, 0) is 30.5 Å². The molecule has 0 saturated carbocycles. The zero-order valence-corrected chi connectivity index (χ0v) is 13.7. The van der Waals surface area contributed by atoms with Crippen molar-refractivity contribution >= 4 is 17.8 Å². The number of benzene rings is 1. The lowest BCUT2D eigenvalue weighted by Crippen LogP contribution is -2.47. The van der Waals surface area contributed by atoms with Crippen LogP contribution in [0.4, 0.5) is 0 Å². The van der Waals surface area contributed by atoms with Gasteiger partial charge >= 0.3 is 0 Å². The van der Waals surface area contributed by atoms with Crippen molar-refractivity contribution in [3.63, 3.8) is 0 Å². The molecule has 0 fully saturated rings. The molecule has 0 heterocycles. The van der Waals surface area contributed by atoms with Gasteiger partial charge in [-0.3, -0.25) is 15.0 Å². The van der Waals surface area contributed by atoms with E-state index in [2.05, 4.69) is 10.6 Å². The SMILES string of the molecule is C[C@@H](CCCNC(=N)N)C(=O)N[C@@H](Cc1ccc(O)cc1)C(N)=O. The molecule has 0 aromatic heterocycles. The molecule has 8 N–H and O–H groups in total. The number of hydrogen-bond acceptors (Lipinski definition) is 4. The Morgan fingerprint density at radius 3 is 2.42 bits per heavy atom. The minimum Gasteiger partial charge on any atom is -0.508 e. The minimum absolute atomic E-state index is 0.102. The zero-order valence-electron chi connectivity index (χ0n) is 13.7. The molecule has 1 aromatic rings. The second kappa shape index (κ2) is 9.39. The lowest BCUT2D eigenvalue weighted by molar-refractivity contribution is -0.129. The molecule has 8 heteroatoms. The maximum Gasteiger partial charge on any atom is 0.240 e. The number of carbonyl (C=O) groups is 2. The van der Waals surface area contributed by atoms with Crippen LogP contribution in [0, 0.1) is 11.3 Å². The van der Waals surface area contributed by atoms with E-state index in [4.69, 9.17) is 16.9 Å². The van der Waals surface area contributed by atoms with Gasteiger partial charge in [0.25, 0.3) is 0 Å². The number of primary amides is 1. The van der Waals surface area contributed by atoms with Crippen LogP contribution in [0.2, 0.25) is 0 Å². The first-order chi connectivity index (χ1) is 11.3. The van der Waals surface area contributed by atoms with Crippen molar-refractivity contribution in [2.75, 3.05) is 6.54 Å². The molecule has 0 radical (unpaired) electrons. The fourth-order valence-corrected chi connectivity index (χ4v) is 2.17. The Balaban J connectivity index is 2.51. The zero-order chi connectivity index (χ0) is 18.1. The number of nitrogens with one attached hydrogen (secondary N) is 3. The van der Waals surface area contributed by atoms with E-state index < -0.39 is 11.9 Å². The fourth-order valence-electron chi connectivity index (χ4n) is 2.17. The van der Waals surface area contributed by atoms with Crippen LogP contribution in [-0.2, 0) is 16.0 Å². The topological polar surface area (TPSA) is 154 Å². The van der Waals surface area contributed by atoms with Gasteiger partial charge in [0.05, 0.1) is 0 Å². The summed E-state index contributed by atoms with van der Waals surface area (Å²) in [6.07, 6.45) is 1.53. The maximum atomic E-state index is 12.2. The first-order valence-electron chi connectivity index (χ1n) is 7.75. The number of nitrogens with two attached hydrogens (primary N) is 2. The van der Waals surface area contributed by atoms with Crippen molar-refractivity contribution in [3.05, 3.63) is 29.8 Å². The summed E-state index contributed by atoms with van der Waals surface area (Å²) >= 11 is 0. The van der Waals surface area contributed by atoms with Crippen LogP contribution in [0.15, 0.2) is 24.3 Å². The molecule has 0 aliphatic rings. The molecule has 0 saturated heterocycles. The second-order valence-corrected chi connectivity index (χ2v) is 5.72. The first kappa shape index (κ1) is 19.3. The van der Waals surface area contributed by atoms with Gasteiger partial charge < -0.3 is 27.2 Å². The average Bonchev–Trinajstić information content (AvgIpc) is 2.52. The van der Waals surface area contributed by atoms with Crippen LogP contribution < -0.4 is 22.1 Å². The summed E-state index contributed by atoms with van der Waals surface area (Å²) in [5.74, 6) is -1.12. The number of guanidine groups is 1. The molecule has 2 atom stereocenters. The Kier molecular flexibility index (Phi) is 7.54. The molecule has 2 amide bonds. The number of amides is 2. The maximum absolute atomic E-state index is 12.2. The Labute approximate surface area is 141 Å². The third kappa shape index (κ3) is 6.99. The van der Waals surface area contributed by atoms with Gasteiger partial charge in [0.1, 0.15) is 11.8 Å². The molecular weight excluding hydrogens is 310 g/mol. The third-order valence-corrected chi connectivity index (χ3v) is 3.61. The predicted molar refractivity (Wildman–Crippen MR) is 91.3 cm³/mol. The van der Waals surface area contributed by atoms with E-state index in [1.807, 2.05) is 0 Å². The number of rotatable bonds is 9. The van der Waals surface area contributed by atoms with Crippen LogP contribution in [0.25, 0.3) is 0 Å². The summed E-state index contributed by atoms with van der Waals surface area (Å²) in [6.45, 7) is 2.28. The Hall–Kier alpha value is -2.77. The first-order valence-corrected chi connectivity index (χ1v) is 7.75. The van der Waals surface area contributed by atoms with Gasteiger partial charge in [0.2, 0.25) is 11.8 Å². The van der Waals surface area contributed by atoms with E-state index in [9.17, 15) is 14.7 Å². The monoisotopic (exact) mass is 335 g/mol. The highest BCUT2D eigenvalue weighted by Gasteiger charge is 2.21. The molecule has 1 aromatic carbocycles. The van der Waals surface area contributed by atoms with Gasteiger partial charge in [0, 0.05) is 18.9 Å². The molecule has 8 nitrogen and oxygen atoms in total. The van der Waals surface area contributed by atoms with Crippen LogP contribution in [0.3, 0.4) is 0 Å². The van der Waals surface area contributed by atoms with Crippen molar-refractivity contribution in [1.29, 1.82) is 5.41 Å². The van der Waals surface area contributed by atoms with E-state index in [0.717, 1.165) is 5.56 Å². The Bertz CT molecular complexity index is 574. The molecule has 0 aliphatic heterocycles. The highest BCUT2D eigenvalue weighted by Crippen LogP contribution is 2.12. The van der Waals surface area contributed by atoms with Gasteiger partial charge in [-0.1, -0.05) is 19.1 Å². The van der Waals surface area contributed by atoms with E-state index in [0.29, 0.717) is 19.4 Å². The van der Waals surface area contributed by atoms with Gasteiger partial charge in [0.15, 0.2) is 5.96 Å². The van der Waals surface area contributed by atoms with Crippen LogP contribution in [0.5, 0.6) is 5.75 Å². The molecule has 0 aliphatic carbocycles. The highest BCUT2D eigenvalue weighted by molar-refractivity contribution is 5.87. The summed E-state index contributed by atoms with van der Waals surface area (Å²) < 4.78 is 0. The van der Waals surface area contributed by atoms with E-state index in [1.54, 1.807) is 19.1 Å². The van der Waals surface area contributed by atoms with Gasteiger partial charge in [-0.2, -0.15) is 0 Å². The number of hydrogen-bond donors (Lipinski definition) is 6. The van der Waals surface area contributed by atoms with Gasteiger partial charge in [-0.15, -0.1) is 0 Å². The lowest BCUT2D eigenvalue weighted by atomic mass is 10.0. The summed E-state index contributed by atoms with van der Waals surface area (Å²) in [5, 5.41) is 21.6. The highest BCUT2D eigenvalue weighted by atomic mass is 16.3. The van der Waals surface area contributed by atoms with Crippen molar-refractivity contribution in [3.8, 4) is 5.75 Å². The molecule has 0 spiro atoms. The summed E-state index contributed by atoms with van der Waals surface area (Å²) in [6, 6.07) is 5.57. The van der Waals surface area contributed by atoms with Crippen LogP contribution in [0.1, 0.15) is 25.3 Å². The van der Waals surface area contributed by atoms with Crippen LogP contribution in [-0.4, -0.2) is 35.5 Å². The standard InChI is InChI=1S/C16H25N5O3/c1-10(3-2-8-20-16(18)19)15(24)21-13(14(17)23)9-11-4-6-12(22)7-5-11/h4-7,10,13,22H,2-3,8-9H2,1H3,(H2,17,23)(H,21,24)(H4,18,19,20)/t10-,13-/m0/s1. The normalized spacial score (nSPS) is 12.9. The molecule has 0 bridgehead atoms. The predicted octanol–water partition coefficient (Wildman–Crippen LogP) is -0.196. The molecule has 132 valence electrons. The quantitative estimate of drug-likeness (QED) is 0.209. The summed E-state index contributed by atoms with van der Waals surface area (Å²) in [5.41, 5.74) is 11.3. The molecule has 0 unspecified atom stereocenters. The van der Waals surface area contributed by atoms with Crippen molar-refractivity contribution in [2.24, 2.45) is 17.4 Å². The summed E-state index contributed by atoms with van der Waals surface area (Å²) in [4.78, 5) is 23.8. The lowest BCUT2D eigenvalue weighted by Gasteiger charge is -2.19. The second-order valence-electron chi connectivity index (χ2n) is 5.72. The largest absolute Gasteiger partial charge is 0.508 e. The van der Waals surface area contributed by atoms with E-state index >= 15 is 0 Å². The van der Waals surface area contributed by atoms with Crippen molar-refractivity contribution in [2.45, 2.75) is 32.2 Å². The molecule has 1 rings (SSSR count). The smallest absolute Gasteiger partial charge is 0.240 e. The van der Waals surface area contributed by atoms with Crippen LogP contribution >= 0.6 is 0 Å². The Morgan fingerprint density at radius 2 is 1.88 bits per heavy atom. The molecular formula is C16H25N5O3.